The Morgan fingerprint density at radius 2 is 1.74 bits per heavy atom. The number of rotatable bonds is 10. The zero-order valence-electron chi connectivity index (χ0n) is 18.6. The van der Waals surface area contributed by atoms with E-state index in [1.54, 1.807) is 18.2 Å². The van der Waals surface area contributed by atoms with Crippen LogP contribution in [0.2, 0.25) is 0 Å². The van der Waals surface area contributed by atoms with Crippen molar-refractivity contribution in [1.82, 2.24) is 4.90 Å². The van der Waals surface area contributed by atoms with Crippen molar-refractivity contribution in [2.45, 2.75) is 6.04 Å². The fourth-order valence-electron chi connectivity index (χ4n) is 3.71. The van der Waals surface area contributed by atoms with Crippen LogP contribution in [0.5, 0.6) is 11.5 Å². The first-order valence-corrected chi connectivity index (χ1v) is 10.3. The molecule has 11 nitrogen and oxygen atoms in total. The number of ether oxygens (including phenoxy) is 3. The molecule has 0 aliphatic carbocycles. The number of Topliss-reactive ketones (excluding diaryl/α,β-unsaturated/α-hetero) is 1. The maximum atomic E-state index is 13.0. The summed E-state index contributed by atoms with van der Waals surface area (Å²) in [7, 11) is 2.91. The molecule has 1 atom stereocenters. The van der Waals surface area contributed by atoms with E-state index < -0.39 is 28.4 Å². The second-order valence-corrected chi connectivity index (χ2v) is 7.25. The van der Waals surface area contributed by atoms with Crippen LogP contribution in [0.4, 0.5) is 5.69 Å². The highest BCUT2D eigenvalue weighted by molar-refractivity contribution is 6.46. The highest BCUT2D eigenvalue weighted by Gasteiger charge is 2.46. The summed E-state index contributed by atoms with van der Waals surface area (Å²) in [5.41, 5.74) is 0.260. The molecule has 1 aliphatic heterocycles. The largest absolute Gasteiger partial charge is 0.507 e. The maximum absolute atomic E-state index is 13.0. The number of aliphatic hydroxyl groups is 2. The minimum Gasteiger partial charge on any atom is -0.507 e. The molecule has 0 saturated carbocycles. The van der Waals surface area contributed by atoms with E-state index in [-0.39, 0.29) is 43.2 Å². The van der Waals surface area contributed by atoms with Crippen molar-refractivity contribution in [2.24, 2.45) is 0 Å². The Morgan fingerprint density at radius 1 is 1.06 bits per heavy atom. The molecule has 2 N–H and O–H groups in total. The van der Waals surface area contributed by atoms with E-state index in [1.165, 1.54) is 43.4 Å². The Morgan fingerprint density at radius 3 is 2.32 bits per heavy atom. The van der Waals surface area contributed by atoms with E-state index in [0.29, 0.717) is 17.1 Å². The van der Waals surface area contributed by atoms with E-state index in [4.69, 9.17) is 19.3 Å². The first kappa shape index (κ1) is 24.7. The summed E-state index contributed by atoms with van der Waals surface area (Å²) in [6.07, 6.45) is 0. The van der Waals surface area contributed by atoms with Gasteiger partial charge >= 0.3 is 0 Å². The molecule has 2 aromatic rings. The maximum Gasteiger partial charge on any atom is 0.295 e. The van der Waals surface area contributed by atoms with Gasteiger partial charge in [0.05, 0.1) is 50.6 Å². The van der Waals surface area contributed by atoms with Crippen molar-refractivity contribution in [1.29, 1.82) is 0 Å². The van der Waals surface area contributed by atoms with Gasteiger partial charge in [0, 0.05) is 24.2 Å². The number of methoxy groups -OCH3 is 2. The second kappa shape index (κ2) is 10.8. The van der Waals surface area contributed by atoms with Gasteiger partial charge in [0.1, 0.15) is 5.76 Å². The summed E-state index contributed by atoms with van der Waals surface area (Å²) in [6.45, 7) is -0.0681. The third-order valence-electron chi connectivity index (χ3n) is 5.33. The third-order valence-corrected chi connectivity index (χ3v) is 5.33. The number of ketones is 1. The van der Waals surface area contributed by atoms with Gasteiger partial charge in [-0.15, -0.1) is 0 Å². The molecule has 1 aliphatic rings. The standard InChI is InChI=1S/C23H24N2O9/c1-32-17-8-5-15(13-18(17)33-2)20-19(21(27)14-3-6-16(7-4-14)25(30)31)22(28)23(29)24(20)9-11-34-12-10-26/h3-8,13,20,26-27H,9-12H2,1-2H3/b21-19+/t20-/m0/s1. The smallest absolute Gasteiger partial charge is 0.295 e. The highest BCUT2D eigenvalue weighted by Crippen LogP contribution is 2.41. The van der Waals surface area contributed by atoms with E-state index in [9.17, 15) is 24.8 Å². The molecule has 0 spiro atoms. The van der Waals surface area contributed by atoms with Crippen molar-refractivity contribution in [3.8, 4) is 11.5 Å². The van der Waals surface area contributed by atoms with E-state index in [2.05, 4.69) is 0 Å². The van der Waals surface area contributed by atoms with Gasteiger partial charge in [0.15, 0.2) is 11.5 Å². The molecule has 2 aromatic carbocycles. The first-order chi connectivity index (χ1) is 16.3. The van der Waals surface area contributed by atoms with Crippen molar-refractivity contribution in [3.05, 3.63) is 69.3 Å². The highest BCUT2D eigenvalue weighted by atomic mass is 16.6. The summed E-state index contributed by atoms with van der Waals surface area (Å²) in [5, 5.41) is 30.9. The molecule has 3 rings (SSSR count). The SMILES string of the molecule is COc1ccc([C@H]2/C(=C(\O)c3ccc([N+](=O)[O-])cc3)C(=O)C(=O)N2CCOCCO)cc1OC. The van der Waals surface area contributed by atoms with Crippen molar-refractivity contribution < 1.29 is 38.9 Å². The molecule has 0 bridgehead atoms. The summed E-state index contributed by atoms with van der Waals surface area (Å²) in [6, 6.07) is 8.87. The lowest BCUT2D eigenvalue weighted by molar-refractivity contribution is -0.384. The fourth-order valence-corrected chi connectivity index (χ4v) is 3.71. The zero-order chi connectivity index (χ0) is 24.8. The minimum absolute atomic E-state index is 0.0145. The molecule has 11 heteroatoms. The summed E-state index contributed by atoms with van der Waals surface area (Å²) in [5.74, 6) is -1.41. The van der Waals surface area contributed by atoms with Crippen LogP contribution in [0.15, 0.2) is 48.0 Å². The number of carbonyl (C=O) groups is 2. The van der Waals surface area contributed by atoms with E-state index >= 15 is 0 Å². The Labute approximate surface area is 194 Å². The lowest BCUT2D eigenvalue weighted by Gasteiger charge is -2.26. The molecule has 1 heterocycles. The van der Waals surface area contributed by atoms with Crippen LogP contribution in [-0.2, 0) is 14.3 Å². The van der Waals surface area contributed by atoms with Gasteiger partial charge in [-0.25, -0.2) is 0 Å². The normalized spacial score (nSPS) is 17.1. The van der Waals surface area contributed by atoms with Crippen LogP contribution in [0.3, 0.4) is 0 Å². The number of nitro groups is 1. The van der Waals surface area contributed by atoms with Crippen LogP contribution in [0.25, 0.3) is 5.76 Å². The number of benzene rings is 2. The first-order valence-electron chi connectivity index (χ1n) is 10.3. The predicted octanol–water partition coefficient (Wildman–Crippen LogP) is 2.04. The van der Waals surface area contributed by atoms with Gasteiger partial charge in [-0.3, -0.25) is 19.7 Å². The zero-order valence-corrected chi connectivity index (χ0v) is 18.6. The molecule has 1 fully saturated rings. The lowest BCUT2D eigenvalue weighted by Crippen LogP contribution is -2.33. The summed E-state index contributed by atoms with van der Waals surface area (Å²) >= 11 is 0. The van der Waals surface area contributed by atoms with Crippen molar-refractivity contribution >= 4 is 23.1 Å². The monoisotopic (exact) mass is 472 g/mol. The number of amides is 1. The number of hydrogen-bond acceptors (Lipinski definition) is 9. The molecule has 0 aromatic heterocycles. The Hall–Kier alpha value is -3.96. The predicted molar refractivity (Wildman–Crippen MR) is 120 cm³/mol. The molecule has 180 valence electrons. The third kappa shape index (κ3) is 4.85. The molecular weight excluding hydrogens is 448 g/mol. The molecule has 1 amide bonds. The molecule has 1 saturated heterocycles. The van der Waals surface area contributed by atoms with E-state index in [0.717, 1.165) is 0 Å². The van der Waals surface area contributed by atoms with Crippen LogP contribution in [0.1, 0.15) is 17.2 Å². The fraction of sp³-hybridized carbons (Fsp3) is 0.304. The van der Waals surface area contributed by atoms with Crippen LogP contribution >= 0.6 is 0 Å². The summed E-state index contributed by atoms with van der Waals surface area (Å²) < 4.78 is 15.9. The quantitative estimate of drug-likeness (QED) is 0.132. The van der Waals surface area contributed by atoms with Crippen LogP contribution in [-0.4, -0.2) is 72.3 Å². The van der Waals surface area contributed by atoms with Crippen molar-refractivity contribution in [2.75, 3.05) is 40.6 Å². The number of aliphatic hydroxyl groups excluding tert-OH is 2. The van der Waals surface area contributed by atoms with Gasteiger partial charge in [-0.2, -0.15) is 0 Å². The average molecular weight is 472 g/mol. The Bertz CT molecular complexity index is 1110. The van der Waals surface area contributed by atoms with E-state index in [1.807, 2.05) is 0 Å². The number of nitro benzene ring substituents is 1. The number of nitrogens with zero attached hydrogens (tertiary/aromatic N) is 2. The van der Waals surface area contributed by atoms with Gasteiger partial charge < -0.3 is 29.3 Å². The van der Waals surface area contributed by atoms with Crippen molar-refractivity contribution in [3.63, 3.8) is 0 Å². The number of non-ortho nitro benzene ring substituents is 1. The average Bonchev–Trinajstić information content (AvgIpc) is 3.10. The van der Waals surface area contributed by atoms with Gasteiger partial charge in [0.25, 0.3) is 17.4 Å². The lowest BCUT2D eigenvalue weighted by atomic mass is 9.95. The summed E-state index contributed by atoms with van der Waals surface area (Å²) in [4.78, 5) is 37.5. The Balaban J connectivity index is 2.11. The number of likely N-dealkylation sites (tertiary alicyclic amines) is 1. The molecule has 0 radical (unpaired) electrons. The molecule has 0 unspecified atom stereocenters. The number of carbonyl (C=O) groups excluding carboxylic acids is 2. The molecule has 34 heavy (non-hydrogen) atoms. The van der Waals surface area contributed by atoms with Crippen LogP contribution < -0.4 is 9.47 Å². The van der Waals surface area contributed by atoms with Gasteiger partial charge in [-0.1, -0.05) is 6.07 Å². The second-order valence-electron chi connectivity index (χ2n) is 7.25. The minimum atomic E-state index is -0.979. The molecular formula is C23H24N2O9. The van der Waals surface area contributed by atoms with Gasteiger partial charge in [-0.05, 0) is 29.8 Å². The number of hydrogen-bond donors (Lipinski definition) is 2. The van der Waals surface area contributed by atoms with Gasteiger partial charge in [0.2, 0.25) is 0 Å². The topological polar surface area (TPSA) is 149 Å². The van der Waals surface area contributed by atoms with Crippen LogP contribution in [0, 0.1) is 10.1 Å². The Kier molecular flexibility index (Phi) is 7.82.